The maximum Gasteiger partial charge on any atom is 0.238 e. The Morgan fingerprint density at radius 3 is 3.11 bits per heavy atom. The molecule has 0 radical (unpaired) electrons. The van der Waals surface area contributed by atoms with E-state index in [4.69, 9.17) is 5.73 Å². The van der Waals surface area contributed by atoms with Gasteiger partial charge in [-0.25, -0.2) is 0 Å². The zero-order valence-electron chi connectivity index (χ0n) is 10.9. The number of likely N-dealkylation sites (tertiary alicyclic amines) is 1. The summed E-state index contributed by atoms with van der Waals surface area (Å²) in [5.41, 5.74) is 7.11. The van der Waals surface area contributed by atoms with Crippen molar-refractivity contribution in [2.45, 2.75) is 19.8 Å². The number of hydrogen-bond donors (Lipinski definition) is 2. The lowest BCUT2D eigenvalue weighted by atomic mass is 10.0. The number of rotatable bonds is 3. The van der Waals surface area contributed by atoms with E-state index in [9.17, 15) is 4.79 Å². The Morgan fingerprint density at radius 2 is 2.39 bits per heavy atom. The van der Waals surface area contributed by atoms with Crippen molar-refractivity contribution in [1.82, 2.24) is 4.90 Å². The fourth-order valence-electron chi connectivity index (χ4n) is 2.45. The first kappa shape index (κ1) is 12.9. The van der Waals surface area contributed by atoms with Gasteiger partial charge >= 0.3 is 0 Å². The number of nitrogens with one attached hydrogen (secondary N) is 1. The highest BCUT2D eigenvalue weighted by atomic mass is 16.2. The maximum absolute atomic E-state index is 11.9. The summed E-state index contributed by atoms with van der Waals surface area (Å²) < 4.78 is 0. The molecule has 1 saturated heterocycles. The molecule has 0 saturated carbocycles. The standard InChI is InChI=1S/C14H21N3O/c1-11-4-3-7-17(9-11)10-14(18)16-13-6-2-5-12(15)8-13/h2,5-6,8,11H,3-4,7,9-10,15H2,1H3,(H,16,18). The van der Waals surface area contributed by atoms with Gasteiger partial charge in [0.1, 0.15) is 0 Å². The average molecular weight is 247 g/mol. The lowest BCUT2D eigenvalue weighted by molar-refractivity contribution is -0.117. The highest BCUT2D eigenvalue weighted by Gasteiger charge is 2.18. The molecule has 2 rings (SSSR count). The molecule has 18 heavy (non-hydrogen) atoms. The van der Waals surface area contributed by atoms with E-state index < -0.39 is 0 Å². The predicted molar refractivity (Wildman–Crippen MR) is 74.3 cm³/mol. The highest BCUT2D eigenvalue weighted by molar-refractivity contribution is 5.92. The van der Waals surface area contributed by atoms with Crippen LogP contribution in [0.15, 0.2) is 24.3 Å². The Kier molecular flexibility index (Phi) is 4.20. The Bertz CT molecular complexity index is 419. The second kappa shape index (κ2) is 5.87. The third kappa shape index (κ3) is 3.74. The number of anilines is 2. The number of carbonyl (C=O) groups is 1. The molecule has 1 heterocycles. The summed E-state index contributed by atoms with van der Waals surface area (Å²) in [6, 6.07) is 7.28. The molecule has 1 aromatic rings. The number of piperidine rings is 1. The molecule has 4 nitrogen and oxygen atoms in total. The molecule has 1 unspecified atom stereocenters. The van der Waals surface area contributed by atoms with E-state index in [0.717, 1.165) is 18.8 Å². The molecule has 1 amide bonds. The minimum absolute atomic E-state index is 0.0368. The van der Waals surface area contributed by atoms with Gasteiger partial charge in [0.15, 0.2) is 0 Å². The summed E-state index contributed by atoms with van der Waals surface area (Å²) >= 11 is 0. The molecule has 1 fully saturated rings. The van der Waals surface area contributed by atoms with E-state index >= 15 is 0 Å². The van der Waals surface area contributed by atoms with E-state index in [-0.39, 0.29) is 5.91 Å². The molecule has 1 atom stereocenters. The first-order chi connectivity index (χ1) is 8.63. The zero-order chi connectivity index (χ0) is 13.0. The van der Waals surface area contributed by atoms with Crippen LogP contribution in [0.2, 0.25) is 0 Å². The number of benzene rings is 1. The van der Waals surface area contributed by atoms with Crippen LogP contribution in [0.5, 0.6) is 0 Å². The lowest BCUT2D eigenvalue weighted by Gasteiger charge is -2.30. The fraction of sp³-hybridized carbons (Fsp3) is 0.500. The number of nitrogens with two attached hydrogens (primary N) is 1. The first-order valence-corrected chi connectivity index (χ1v) is 6.51. The van der Waals surface area contributed by atoms with Gasteiger partial charge < -0.3 is 11.1 Å². The van der Waals surface area contributed by atoms with E-state index in [2.05, 4.69) is 17.1 Å². The van der Waals surface area contributed by atoms with Crippen LogP contribution in [0.25, 0.3) is 0 Å². The summed E-state index contributed by atoms with van der Waals surface area (Å²) in [7, 11) is 0. The summed E-state index contributed by atoms with van der Waals surface area (Å²) in [6.07, 6.45) is 2.46. The van der Waals surface area contributed by atoms with Gasteiger partial charge in [0.05, 0.1) is 6.54 Å². The van der Waals surface area contributed by atoms with Crippen LogP contribution in [0.1, 0.15) is 19.8 Å². The Labute approximate surface area is 108 Å². The Hall–Kier alpha value is -1.55. The van der Waals surface area contributed by atoms with Crippen LogP contribution in [0.4, 0.5) is 11.4 Å². The number of nitrogens with zero attached hydrogens (tertiary/aromatic N) is 1. The van der Waals surface area contributed by atoms with Gasteiger partial charge in [-0.1, -0.05) is 13.0 Å². The number of amides is 1. The number of hydrogen-bond acceptors (Lipinski definition) is 3. The molecule has 4 heteroatoms. The third-order valence-corrected chi connectivity index (χ3v) is 3.28. The summed E-state index contributed by atoms with van der Waals surface area (Å²) in [6.45, 7) is 4.75. The minimum atomic E-state index is 0.0368. The van der Waals surface area contributed by atoms with E-state index in [1.807, 2.05) is 18.2 Å². The van der Waals surface area contributed by atoms with Crippen molar-refractivity contribution in [3.63, 3.8) is 0 Å². The molecule has 1 aliphatic rings. The molecule has 1 aromatic carbocycles. The van der Waals surface area contributed by atoms with Gasteiger partial charge in [-0.3, -0.25) is 9.69 Å². The highest BCUT2D eigenvalue weighted by Crippen LogP contribution is 2.16. The van der Waals surface area contributed by atoms with Crippen molar-refractivity contribution < 1.29 is 4.79 Å². The Balaban J connectivity index is 1.85. The molecule has 0 aromatic heterocycles. The van der Waals surface area contributed by atoms with Gasteiger partial charge in [-0.15, -0.1) is 0 Å². The predicted octanol–water partition coefficient (Wildman–Crippen LogP) is 1.94. The lowest BCUT2D eigenvalue weighted by Crippen LogP contribution is -2.39. The van der Waals surface area contributed by atoms with Crippen LogP contribution in [0, 0.1) is 5.92 Å². The van der Waals surface area contributed by atoms with Crippen molar-refractivity contribution in [2.75, 3.05) is 30.7 Å². The van der Waals surface area contributed by atoms with Crippen LogP contribution in [-0.4, -0.2) is 30.4 Å². The Morgan fingerprint density at radius 1 is 1.56 bits per heavy atom. The SMILES string of the molecule is CC1CCCN(CC(=O)Nc2cccc(N)c2)C1. The zero-order valence-corrected chi connectivity index (χ0v) is 10.9. The third-order valence-electron chi connectivity index (χ3n) is 3.28. The molecule has 98 valence electrons. The van der Waals surface area contributed by atoms with Gasteiger partial charge in [0.25, 0.3) is 0 Å². The van der Waals surface area contributed by atoms with Gasteiger partial charge in [0, 0.05) is 17.9 Å². The van der Waals surface area contributed by atoms with Crippen molar-refractivity contribution in [3.8, 4) is 0 Å². The average Bonchev–Trinajstić information content (AvgIpc) is 2.28. The van der Waals surface area contributed by atoms with E-state index in [0.29, 0.717) is 18.2 Å². The van der Waals surface area contributed by atoms with Crippen LogP contribution in [0.3, 0.4) is 0 Å². The van der Waals surface area contributed by atoms with Crippen molar-refractivity contribution in [2.24, 2.45) is 5.92 Å². The van der Waals surface area contributed by atoms with Crippen LogP contribution < -0.4 is 11.1 Å². The smallest absolute Gasteiger partial charge is 0.238 e. The maximum atomic E-state index is 11.9. The second-order valence-corrected chi connectivity index (χ2v) is 5.16. The van der Waals surface area contributed by atoms with Crippen LogP contribution >= 0.6 is 0 Å². The molecule has 0 aliphatic carbocycles. The van der Waals surface area contributed by atoms with Gasteiger partial charge in [-0.2, -0.15) is 0 Å². The topological polar surface area (TPSA) is 58.4 Å². The van der Waals surface area contributed by atoms with E-state index in [1.54, 1.807) is 6.07 Å². The van der Waals surface area contributed by atoms with Crippen molar-refractivity contribution in [1.29, 1.82) is 0 Å². The minimum Gasteiger partial charge on any atom is -0.399 e. The monoisotopic (exact) mass is 247 g/mol. The first-order valence-electron chi connectivity index (χ1n) is 6.51. The van der Waals surface area contributed by atoms with Crippen LogP contribution in [-0.2, 0) is 4.79 Å². The molecule has 0 spiro atoms. The summed E-state index contributed by atoms with van der Waals surface area (Å²) in [5, 5.41) is 2.88. The van der Waals surface area contributed by atoms with Gasteiger partial charge in [-0.05, 0) is 43.5 Å². The largest absolute Gasteiger partial charge is 0.399 e. The van der Waals surface area contributed by atoms with Crippen molar-refractivity contribution >= 4 is 17.3 Å². The molecule has 0 bridgehead atoms. The molecular formula is C14H21N3O. The normalized spacial score (nSPS) is 20.6. The summed E-state index contributed by atoms with van der Waals surface area (Å²) in [4.78, 5) is 14.1. The quantitative estimate of drug-likeness (QED) is 0.802. The fourth-order valence-corrected chi connectivity index (χ4v) is 2.45. The summed E-state index contributed by atoms with van der Waals surface area (Å²) in [5.74, 6) is 0.730. The molecule has 3 N–H and O–H groups in total. The second-order valence-electron chi connectivity index (χ2n) is 5.16. The molecule has 1 aliphatic heterocycles. The number of nitrogen functional groups attached to an aromatic ring is 1. The molecular weight excluding hydrogens is 226 g/mol. The number of carbonyl (C=O) groups excluding carboxylic acids is 1. The van der Waals surface area contributed by atoms with Gasteiger partial charge in [0.2, 0.25) is 5.91 Å². The van der Waals surface area contributed by atoms with Crippen molar-refractivity contribution in [3.05, 3.63) is 24.3 Å². The van der Waals surface area contributed by atoms with E-state index in [1.165, 1.54) is 12.8 Å².